The SMILES string of the molecule is CCOC(=O)C(CC)C(=O)OCC.c1cc2ccc1CO2. The summed E-state index contributed by atoms with van der Waals surface area (Å²) in [7, 11) is 0. The lowest BCUT2D eigenvalue weighted by Gasteiger charge is -2.11. The second-order valence-electron chi connectivity index (χ2n) is 4.40. The van der Waals surface area contributed by atoms with E-state index in [1.54, 1.807) is 20.8 Å². The van der Waals surface area contributed by atoms with Gasteiger partial charge in [0, 0.05) is 0 Å². The summed E-state index contributed by atoms with van der Waals surface area (Å²) in [6.07, 6.45) is 0.414. The molecule has 116 valence electrons. The summed E-state index contributed by atoms with van der Waals surface area (Å²) in [4.78, 5) is 22.3. The second-order valence-corrected chi connectivity index (χ2v) is 4.40. The van der Waals surface area contributed by atoms with Gasteiger partial charge in [-0.3, -0.25) is 9.59 Å². The van der Waals surface area contributed by atoms with Crippen molar-refractivity contribution in [3.8, 4) is 5.75 Å². The molecule has 3 rings (SSSR count). The minimum Gasteiger partial charge on any atom is -0.489 e. The number of hydrogen-bond acceptors (Lipinski definition) is 5. The van der Waals surface area contributed by atoms with Crippen LogP contribution in [0.1, 0.15) is 32.8 Å². The van der Waals surface area contributed by atoms with E-state index in [1.807, 2.05) is 12.1 Å². The van der Waals surface area contributed by atoms with Gasteiger partial charge in [-0.15, -0.1) is 0 Å². The zero-order valence-electron chi connectivity index (χ0n) is 12.8. The molecule has 1 aromatic rings. The summed E-state index contributed by atoms with van der Waals surface area (Å²) in [5, 5.41) is 0. The highest BCUT2D eigenvalue weighted by Crippen LogP contribution is 2.19. The van der Waals surface area contributed by atoms with E-state index < -0.39 is 17.9 Å². The maximum absolute atomic E-state index is 11.2. The molecule has 2 bridgehead atoms. The average molecular weight is 294 g/mol. The Morgan fingerprint density at radius 1 is 1.05 bits per heavy atom. The van der Waals surface area contributed by atoms with Crippen LogP contribution in [0.3, 0.4) is 0 Å². The Hall–Kier alpha value is -2.04. The van der Waals surface area contributed by atoms with Crippen molar-refractivity contribution in [2.45, 2.75) is 33.8 Å². The molecule has 0 spiro atoms. The average Bonchev–Trinajstić information content (AvgIpc) is 2.51. The highest BCUT2D eigenvalue weighted by atomic mass is 16.6. The first-order chi connectivity index (χ1) is 10.1. The molecule has 0 N–H and O–H groups in total. The molecular formula is C16H22O5. The van der Waals surface area contributed by atoms with Crippen molar-refractivity contribution < 1.29 is 23.8 Å². The van der Waals surface area contributed by atoms with E-state index in [-0.39, 0.29) is 13.2 Å². The van der Waals surface area contributed by atoms with Crippen molar-refractivity contribution in [1.82, 2.24) is 0 Å². The summed E-state index contributed by atoms with van der Waals surface area (Å²) in [6, 6.07) is 8.13. The second kappa shape index (κ2) is 9.00. The first-order valence-electron chi connectivity index (χ1n) is 7.17. The maximum Gasteiger partial charge on any atom is 0.320 e. The van der Waals surface area contributed by atoms with Crippen LogP contribution in [0.4, 0.5) is 0 Å². The normalized spacial score (nSPS) is 11.2. The number of rotatable bonds is 5. The van der Waals surface area contributed by atoms with Crippen LogP contribution in [0, 0.1) is 5.92 Å². The van der Waals surface area contributed by atoms with Crippen LogP contribution in [-0.2, 0) is 25.7 Å². The fraction of sp³-hybridized carbons (Fsp3) is 0.500. The Morgan fingerprint density at radius 2 is 1.57 bits per heavy atom. The number of benzene rings is 1. The lowest BCUT2D eigenvalue weighted by molar-refractivity contribution is -0.161. The van der Waals surface area contributed by atoms with Crippen molar-refractivity contribution in [2.24, 2.45) is 5.92 Å². The largest absolute Gasteiger partial charge is 0.489 e. The molecule has 0 fully saturated rings. The number of esters is 2. The lowest BCUT2D eigenvalue weighted by atomic mass is 10.1. The Kier molecular flexibility index (Phi) is 7.29. The van der Waals surface area contributed by atoms with Crippen molar-refractivity contribution in [2.75, 3.05) is 13.2 Å². The van der Waals surface area contributed by atoms with Crippen LogP contribution in [0.15, 0.2) is 24.3 Å². The van der Waals surface area contributed by atoms with Gasteiger partial charge in [-0.05, 0) is 38.0 Å². The van der Waals surface area contributed by atoms with E-state index in [2.05, 4.69) is 12.1 Å². The minimum atomic E-state index is -0.764. The summed E-state index contributed by atoms with van der Waals surface area (Å²) < 4.78 is 14.6. The summed E-state index contributed by atoms with van der Waals surface area (Å²) in [5.74, 6) is -0.771. The number of fused-ring (bicyclic) bond motifs is 3. The Labute approximate surface area is 125 Å². The van der Waals surface area contributed by atoms with Gasteiger partial charge in [-0.25, -0.2) is 0 Å². The van der Waals surface area contributed by atoms with E-state index in [9.17, 15) is 9.59 Å². The molecule has 2 aliphatic heterocycles. The van der Waals surface area contributed by atoms with E-state index in [0.717, 1.165) is 12.4 Å². The van der Waals surface area contributed by atoms with Crippen LogP contribution < -0.4 is 4.74 Å². The molecule has 0 saturated carbocycles. The van der Waals surface area contributed by atoms with Crippen molar-refractivity contribution in [3.63, 3.8) is 0 Å². The zero-order valence-corrected chi connectivity index (χ0v) is 12.8. The Morgan fingerprint density at radius 3 is 1.76 bits per heavy atom. The molecule has 0 unspecified atom stereocenters. The topological polar surface area (TPSA) is 61.8 Å². The molecule has 2 heterocycles. The van der Waals surface area contributed by atoms with Crippen LogP contribution >= 0.6 is 0 Å². The molecule has 0 amide bonds. The van der Waals surface area contributed by atoms with Gasteiger partial charge >= 0.3 is 11.9 Å². The van der Waals surface area contributed by atoms with Crippen LogP contribution in [-0.4, -0.2) is 25.2 Å². The van der Waals surface area contributed by atoms with Gasteiger partial charge in [-0.2, -0.15) is 0 Å². The molecule has 5 nitrogen and oxygen atoms in total. The van der Waals surface area contributed by atoms with E-state index in [1.165, 1.54) is 5.56 Å². The first kappa shape index (κ1) is 17.0. The van der Waals surface area contributed by atoms with Gasteiger partial charge in [0.25, 0.3) is 0 Å². The number of carbonyl (C=O) groups is 2. The highest BCUT2D eigenvalue weighted by Gasteiger charge is 2.27. The number of ether oxygens (including phenoxy) is 3. The van der Waals surface area contributed by atoms with Gasteiger partial charge in [0.2, 0.25) is 0 Å². The molecule has 0 radical (unpaired) electrons. The molecule has 5 heteroatoms. The van der Waals surface area contributed by atoms with E-state index >= 15 is 0 Å². The molecule has 0 aliphatic carbocycles. The van der Waals surface area contributed by atoms with Gasteiger partial charge in [0.05, 0.1) is 13.2 Å². The monoisotopic (exact) mass is 294 g/mol. The third-order valence-electron chi connectivity index (χ3n) is 2.88. The molecular weight excluding hydrogens is 272 g/mol. The standard InChI is InChI=1S/C9H16O4.C7H6O/c1-4-7(8(10)12-5-2)9(11)13-6-3;1-3-7-4-2-6(1)5-8-7/h7H,4-6H2,1-3H3;1-4H,5H2. The Balaban J connectivity index is 0.000000230. The fourth-order valence-electron chi connectivity index (χ4n) is 1.76. The van der Waals surface area contributed by atoms with Crippen molar-refractivity contribution in [3.05, 3.63) is 29.8 Å². The summed E-state index contributed by atoms with van der Waals surface area (Å²) in [5.41, 5.74) is 1.26. The third-order valence-corrected chi connectivity index (χ3v) is 2.88. The molecule has 2 aliphatic rings. The highest BCUT2D eigenvalue weighted by molar-refractivity contribution is 5.94. The summed E-state index contributed by atoms with van der Waals surface area (Å²) >= 11 is 0. The van der Waals surface area contributed by atoms with E-state index in [4.69, 9.17) is 14.2 Å². The van der Waals surface area contributed by atoms with Gasteiger partial charge in [0.1, 0.15) is 12.4 Å². The van der Waals surface area contributed by atoms with Crippen LogP contribution in [0.5, 0.6) is 5.75 Å². The van der Waals surface area contributed by atoms with Crippen LogP contribution in [0.2, 0.25) is 0 Å². The fourth-order valence-corrected chi connectivity index (χ4v) is 1.76. The lowest BCUT2D eigenvalue weighted by Crippen LogP contribution is -2.27. The quantitative estimate of drug-likeness (QED) is 0.617. The molecule has 1 aromatic carbocycles. The van der Waals surface area contributed by atoms with Crippen LogP contribution in [0.25, 0.3) is 0 Å². The molecule has 21 heavy (non-hydrogen) atoms. The number of carbonyl (C=O) groups excluding carboxylic acids is 2. The zero-order chi connectivity index (χ0) is 15.7. The molecule has 0 atom stereocenters. The predicted octanol–water partition coefficient (Wildman–Crippen LogP) is 2.72. The smallest absolute Gasteiger partial charge is 0.320 e. The van der Waals surface area contributed by atoms with E-state index in [0.29, 0.717) is 6.42 Å². The summed E-state index contributed by atoms with van der Waals surface area (Å²) in [6.45, 7) is 6.50. The predicted molar refractivity (Wildman–Crippen MR) is 77.8 cm³/mol. The Bertz CT molecular complexity index is 411. The third kappa shape index (κ3) is 5.45. The number of hydrogen-bond donors (Lipinski definition) is 0. The van der Waals surface area contributed by atoms with Crippen molar-refractivity contribution in [1.29, 1.82) is 0 Å². The van der Waals surface area contributed by atoms with Gasteiger partial charge in [-0.1, -0.05) is 19.1 Å². The molecule has 0 aromatic heterocycles. The van der Waals surface area contributed by atoms with Gasteiger partial charge < -0.3 is 14.2 Å². The first-order valence-corrected chi connectivity index (χ1v) is 7.17. The minimum absolute atomic E-state index is 0.286. The van der Waals surface area contributed by atoms with Gasteiger partial charge in [0.15, 0.2) is 5.92 Å². The maximum atomic E-state index is 11.2. The van der Waals surface area contributed by atoms with Crippen molar-refractivity contribution >= 4 is 11.9 Å². The molecule has 0 saturated heterocycles.